The second-order valence-electron chi connectivity index (χ2n) is 5.22. The van der Waals surface area contributed by atoms with Gasteiger partial charge in [0.2, 0.25) is 0 Å². The van der Waals surface area contributed by atoms with Gasteiger partial charge in [0.1, 0.15) is 5.75 Å². The van der Waals surface area contributed by atoms with Crippen molar-refractivity contribution >= 4 is 0 Å². The van der Waals surface area contributed by atoms with Gasteiger partial charge in [0.25, 0.3) is 0 Å². The lowest BCUT2D eigenvalue weighted by Gasteiger charge is -2.18. The van der Waals surface area contributed by atoms with Crippen molar-refractivity contribution in [3.8, 4) is 5.75 Å². The fraction of sp³-hybridized carbons (Fsp3) is 0.600. The molecule has 2 N–H and O–H groups in total. The molecule has 0 spiro atoms. The van der Waals surface area contributed by atoms with E-state index in [9.17, 15) is 0 Å². The van der Waals surface area contributed by atoms with E-state index >= 15 is 0 Å². The van der Waals surface area contributed by atoms with E-state index in [1.54, 1.807) is 0 Å². The molecule has 17 heavy (non-hydrogen) atoms. The summed E-state index contributed by atoms with van der Waals surface area (Å²) in [6, 6.07) is 6.65. The van der Waals surface area contributed by atoms with Gasteiger partial charge in [0, 0.05) is 0 Å². The van der Waals surface area contributed by atoms with Crippen LogP contribution in [-0.2, 0) is 0 Å². The molecule has 0 aromatic heterocycles. The van der Waals surface area contributed by atoms with Crippen LogP contribution in [0.25, 0.3) is 0 Å². The van der Waals surface area contributed by atoms with E-state index in [4.69, 9.17) is 10.5 Å². The molecule has 0 bridgehead atoms. The minimum Gasteiger partial charge on any atom is -0.493 e. The number of benzene rings is 1. The van der Waals surface area contributed by atoms with Crippen molar-refractivity contribution in [1.29, 1.82) is 0 Å². The zero-order valence-electron chi connectivity index (χ0n) is 10.9. The van der Waals surface area contributed by atoms with Crippen molar-refractivity contribution in [1.82, 2.24) is 0 Å². The van der Waals surface area contributed by atoms with E-state index in [1.807, 2.05) is 0 Å². The number of nitrogens with two attached hydrogens (primary N) is 1. The Bertz CT molecular complexity index is 373. The summed E-state index contributed by atoms with van der Waals surface area (Å²) >= 11 is 0. The summed E-state index contributed by atoms with van der Waals surface area (Å²) in [5, 5.41) is 0. The third-order valence-corrected chi connectivity index (χ3v) is 3.61. The van der Waals surface area contributed by atoms with Gasteiger partial charge in [0.15, 0.2) is 0 Å². The summed E-state index contributed by atoms with van der Waals surface area (Å²) in [6.45, 7) is 6.07. The van der Waals surface area contributed by atoms with Crippen molar-refractivity contribution < 1.29 is 4.74 Å². The maximum atomic E-state index is 5.82. The molecule has 1 atom stereocenters. The van der Waals surface area contributed by atoms with Gasteiger partial charge in [-0.05, 0) is 54.8 Å². The van der Waals surface area contributed by atoms with Gasteiger partial charge >= 0.3 is 0 Å². The molecular formula is C15H23NO. The highest BCUT2D eigenvalue weighted by molar-refractivity contribution is 5.41. The summed E-state index contributed by atoms with van der Waals surface area (Å²) in [4.78, 5) is 0. The van der Waals surface area contributed by atoms with Crippen LogP contribution < -0.4 is 10.5 Å². The zero-order chi connectivity index (χ0) is 12.3. The molecule has 1 aromatic rings. The van der Waals surface area contributed by atoms with Gasteiger partial charge in [-0.25, -0.2) is 0 Å². The lowest BCUT2D eigenvalue weighted by Crippen LogP contribution is -2.07. The van der Waals surface area contributed by atoms with Crippen LogP contribution in [-0.4, -0.2) is 13.2 Å². The highest BCUT2D eigenvalue weighted by atomic mass is 16.5. The van der Waals surface area contributed by atoms with Gasteiger partial charge in [-0.2, -0.15) is 0 Å². The Hall–Kier alpha value is -1.02. The second kappa shape index (κ2) is 5.54. The monoisotopic (exact) mass is 233 g/mol. The first-order valence-corrected chi connectivity index (χ1v) is 6.69. The maximum Gasteiger partial charge on any atom is 0.122 e. The number of fused-ring (bicyclic) bond motifs is 1. The van der Waals surface area contributed by atoms with E-state index in [-0.39, 0.29) is 0 Å². The number of rotatable bonds is 3. The van der Waals surface area contributed by atoms with Crippen molar-refractivity contribution in [3.63, 3.8) is 0 Å². The van der Waals surface area contributed by atoms with Crippen LogP contribution in [0.4, 0.5) is 0 Å². The topological polar surface area (TPSA) is 35.2 Å². The minimum absolute atomic E-state index is 0.571. The Labute approximate surface area is 104 Å². The van der Waals surface area contributed by atoms with E-state index in [2.05, 4.69) is 32.0 Å². The van der Waals surface area contributed by atoms with Gasteiger partial charge in [-0.3, -0.25) is 0 Å². The fourth-order valence-electron chi connectivity index (χ4n) is 2.54. The van der Waals surface area contributed by atoms with Crippen LogP contribution >= 0.6 is 0 Å². The summed E-state index contributed by atoms with van der Waals surface area (Å²) in [5.74, 6) is 2.23. The molecule has 94 valence electrons. The summed E-state index contributed by atoms with van der Waals surface area (Å²) in [6.07, 6.45) is 3.40. The molecule has 0 aliphatic carbocycles. The number of hydrogen-bond donors (Lipinski definition) is 1. The van der Waals surface area contributed by atoms with Crippen molar-refractivity contribution in [2.75, 3.05) is 13.2 Å². The van der Waals surface area contributed by atoms with Crippen LogP contribution in [0.3, 0.4) is 0 Å². The smallest absolute Gasteiger partial charge is 0.122 e. The molecular weight excluding hydrogens is 210 g/mol. The molecule has 0 amide bonds. The van der Waals surface area contributed by atoms with Crippen molar-refractivity contribution in [2.45, 2.75) is 44.9 Å². The fourth-order valence-corrected chi connectivity index (χ4v) is 2.54. The first-order chi connectivity index (χ1) is 8.22. The van der Waals surface area contributed by atoms with E-state index in [0.29, 0.717) is 11.8 Å². The molecule has 0 saturated heterocycles. The third kappa shape index (κ3) is 2.81. The lowest BCUT2D eigenvalue weighted by molar-refractivity contribution is 0.316. The molecule has 0 fully saturated rings. The highest BCUT2D eigenvalue weighted by Gasteiger charge is 2.19. The first kappa shape index (κ1) is 12.4. The van der Waals surface area contributed by atoms with Crippen molar-refractivity contribution in [2.24, 2.45) is 5.73 Å². The lowest BCUT2D eigenvalue weighted by atomic mass is 9.88. The van der Waals surface area contributed by atoms with Crippen LogP contribution in [0.5, 0.6) is 5.75 Å². The normalized spacial score (nSPS) is 19.6. The SMILES string of the molecule is CC(C)c1ccc2c(c1)C(CCN)CCCO2. The standard InChI is InChI=1S/C15H23NO/c1-11(2)13-5-6-15-14(10-13)12(7-8-16)4-3-9-17-15/h5-6,10-12H,3-4,7-9,16H2,1-2H3. The van der Waals surface area contributed by atoms with Gasteiger partial charge in [-0.1, -0.05) is 26.0 Å². The molecule has 2 nitrogen and oxygen atoms in total. The average Bonchev–Trinajstić information content (AvgIpc) is 2.52. The van der Waals surface area contributed by atoms with E-state index in [0.717, 1.165) is 31.7 Å². The predicted octanol–water partition coefficient (Wildman–Crippen LogP) is 3.42. The Kier molecular flexibility index (Phi) is 4.06. The number of ether oxygens (including phenoxy) is 1. The minimum atomic E-state index is 0.571. The quantitative estimate of drug-likeness (QED) is 0.868. The Morgan fingerprint density at radius 3 is 2.94 bits per heavy atom. The average molecular weight is 233 g/mol. The molecule has 1 heterocycles. The number of hydrogen-bond acceptors (Lipinski definition) is 2. The molecule has 0 saturated carbocycles. The summed E-state index contributed by atoms with van der Waals surface area (Å²) < 4.78 is 5.82. The highest BCUT2D eigenvalue weighted by Crippen LogP contribution is 2.36. The van der Waals surface area contributed by atoms with Gasteiger partial charge < -0.3 is 10.5 Å². The molecule has 2 rings (SSSR count). The third-order valence-electron chi connectivity index (χ3n) is 3.61. The summed E-state index contributed by atoms with van der Waals surface area (Å²) in [7, 11) is 0. The van der Waals surface area contributed by atoms with Crippen molar-refractivity contribution in [3.05, 3.63) is 29.3 Å². The maximum absolute atomic E-state index is 5.82. The molecule has 1 aliphatic heterocycles. The molecule has 1 aliphatic rings. The largest absolute Gasteiger partial charge is 0.493 e. The molecule has 1 unspecified atom stereocenters. The Balaban J connectivity index is 2.35. The van der Waals surface area contributed by atoms with Crippen LogP contribution in [0.15, 0.2) is 18.2 Å². The molecule has 0 radical (unpaired) electrons. The zero-order valence-corrected chi connectivity index (χ0v) is 10.9. The van der Waals surface area contributed by atoms with E-state index in [1.165, 1.54) is 17.5 Å². The second-order valence-corrected chi connectivity index (χ2v) is 5.22. The Morgan fingerprint density at radius 2 is 2.24 bits per heavy atom. The Morgan fingerprint density at radius 1 is 1.41 bits per heavy atom. The predicted molar refractivity (Wildman–Crippen MR) is 71.7 cm³/mol. The van der Waals surface area contributed by atoms with E-state index < -0.39 is 0 Å². The van der Waals surface area contributed by atoms with Crippen LogP contribution in [0.2, 0.25) is 0 Å². The first-order valence-electron chi connectivity index (χ1n) is 6.69. The van der Waals surface area contributed by atoms with Gasteiger partial charge in [0.05, 0.1) is 6.61 Å². The van der Waals surface area contributed by atoms with Crippen LogP contribution in [0, 0.1) is 0 Å². The van der Waals surface area contributed by atoms with Gasteiger partial charge in [-0.15, -0.1) is 0 Å². The molecule has 2 heteroatoms. The molecule has 1 aromatic carbocycles. The van der Waals surface area contributed by atoms with Crippen LogP contribution in [0.1, 0.15) is 56.1 Å². The summed E-state index contributed by atoms with van der Waals surface area (Å²) in [5.41, 5.74) is 8.50.